The number of ketones is 1. The molecule has 0 spiro atoms. The van der Waals surface area contributed by atoms with Crippen molar-refractivity contribution in [1.29, 1.82) is 0 Å². The number of hydrogen-bond acceptors (Lipinski definition) is 9. The first-order valence-electron chi connectivity index (χ1n) is 13.7. The second kappa shape index (κ2) is 13.5. The van der Waals surface area contributed by atoms with Crippen molar-refractivity contribution in [3.63, 3.8) is 0 Å². The number of nitrogens with one attached hydrogen (secondary N) is 3. The van der Waals surface area contributed by atoms with Crippen LogP contribution in [0.1, 0.15) is 71.1 Å². The Kier molecular flexibility index (Phi) is 9.87. The van der Waals surface area contributed by atoms with Crippen LogP contribution in [-0.4, -0.2) is 64.5 Å². The number of aromatic nitrogens is 3. The minimum Gasteiger partial charge on any atom is -0.494 e. The molecule has 2 heterocycles. The molecule has 2 aliphatic rings. The molecule has 0 radical (unpaired) electrons. The number of methoxy groups -OCH3 is 1. The van der Waals surface area contributed by atoms with Gasteiger partial charge in [0.05, 0.1) is 13.7 Å². The second-order valence-electron chi connectivity index (χ2n) is 10.1. The van der Waals surface area contributed by atoms with E-state index < -0.39 is 5.82 Å². The number of carbonyl (C=O) groups excluding carboxylic acids is 1. The van der Waals surface area contributed by atoms with E-state index in [0.717, 1.165) is 45.2 Å². The van der Waals surface area contributed by atoms with Gasteiger partial charge in [-0.15, -0.1) is 0 Å². The number of halogens is 1. The third-order valence-corrected chi connectivity index (χ3v) is 7.08. The molecule has 1 aromatic heterocycles. The van der Waals surface area contributed by atoms with Crippen LogP contribution < -0.4 is 20.7 Å². The van der Waals surface area contributed by atoms with Gasteiger partial charge in [0.1, 0.15) is 5.78 Å². The first-order valence-corrected chi connectivity index (χ1v) is 13.7. The monoisotopic (exact) mass is 513 g/mol. The number of Topliss-reactive ketones (excluding diaryl/α,β-unsaturated/α-hetero) is 1. The molecule has 202 valence electrons. The maximum Gasteiger partial charge on any atom is 0.233 e. The standard InChI is InChI=1S/C27H40FN7O2/c1-3-8-22(36)18-35-15-13-20(14-16-35)30-26-32-25(29-19-9-6-4-5-7-10-19)33-27(34-26)31-21-11-12-24(37-2)23(28)17-21/h11-12,17,19-20H,3-10,13-16,18H2,1-2H3,(H3,29,30,31,32,33,34). The molecule has 3 N–H and O–H groups in total. The summed E-state index contributed by atoms with van der Waals surface area (Å²) in [6.07, 6.45) is 10.5. The number of ether oxygens (including phenoxy) is 1. The second-order valence-corrected chi connectivity index (χ2v) is 10.1. The molecule has 1 saturated carbocycles. The van der Waals surface area contributed by atoms with Gasteiger partial charge in [-0.05, 0) is 44.2 Å². The SMILES string of the molecule is CCCC(=O)CN1CCC(Nc2nc(Nc3ccc(OC)c(F)c3)nc(NC3CCCCCC3)n2)CC1. The van der Waals surface area contributed by atoms with Gasteiger partial charge in [-0.25, -0.2) is 4.39 Å². The Morgan fingerprint density at radius 1 is 0.973 bits per heavy atom. The van der Waals surface area contributed by atoms with E-state index in [1.54, 1.807) is 12.1 Å². The fraction of sp³-hybridized carbons (Fsp3) is 0.630. The number of likely N-dealkylation sites (tertiary alicyclic amines) is 1. The van der Waals surface area contributed by atoms with E-state index in [9.17, 15) is 9.18 Å². The Balaban J connectivity index is 1.45. The molecule has 0 amide bonds. The quantitative estimate of drug-likeness (QED) is 0.352. The van der Waals surface area contributed by atoms with E-state index in [1.165, 1.54) is 38.9 Å². The molecule has 9 nitrogen and oxygen atoms in total. The topological polar surface area (TPSA) is 104 Å². The molecule has 1 saturated heterocycles. The van der Waals surface area contributed by atoms with Gasteiger partial charge < -0.3 is 20.7 Å². The number of nitrogens with zero attached hydrogens (tertiary/aromatic N) is 4. The largest absolute Gasteiger partial charge is 0.494 e. The van der Waals surface area contributed by atoms with Gasteiger partial charge in [0, 0.05) is 43.3 Å². The smallest absolute Gasteiger partial charge is 0.233 e. The van der Waals surface area contributed by atoms with E-state index in [-0.39, 0.29) is 11.8 Å². The predicted octanol–water partition coefficient (Wildman–Crippen LogP) is 5.14. The van der Waals surface area contributed by atoms with Crippen molar-refractivity contribution < 1.29 is 13.9 Å². The van der Waals surface area contributed by atoms with Crippen LogP contribution in [0.15, 0.2) is 18.2 Å². The van der Waals surface area contributed by atoms with Crippen molar-refractivity contribution in [1.82, 2.24) is 19.9 Å². The molecule has 0 bridgehead atoms. The lowest BCUT2D eigenvalue weighted by Crippen LogP contribution is -2.41. The molecule has 37 heavy (non-hydrogen) atoms. The summed E-state index contributed by atoms with van der Waals surface area (Å²) < 4.78 is 19.3. The number of carbonyl (C=O) groups is 1. The van der Waals surface area contributed by atoms with Gasteiger partial charge in [0.2, 0.25) is 17.8 Å². The number of hydrogen-bond donors (Lipinski definition) is 3. The Morgan fingerprint density at radius 3 is 2.19 bits per heavy atom. The molecular weight excluding hydrogens is 473 g/mol. The number of rotatable bonds is 11. The fourth-order valence-electron chi connectivity index (χ4n) is 5.07. The minimum atomic E-state index is -0.458. The third kappa shape index (κ3) is 8.24. The van der Waals surface area contributed by atoms with E-state index >= 15 is 0 Å². The molecule has 2 fully saturated rings. The Morgan fingerprint density at radius 2 is 1.59 bits per heavy atom. The van der Waals surface area contributed by atoms with Crippen LogP contribution in [0.2, 0.25) is 0 Å². The Labute approximate surface area is 219 Å². The molecule has 4 rings (SSSR count). The highest BCUT2D eigenvalue weighted by atomic mass is 19.1. The summed E-state index contributed by atoms with van der Waals surface area (Å²) in [5.41, 5.74) is 0.529. The van der Waals surface area contributed by atoms with Crippen molar-refractivity contribution in [2.24, 2.45) is 0 Å². The fourth-order valence-corrected chi connectivity index (χ4v) is 5.07. The Hall–Kier alpha value is -3.01. The van der Waals surface area contributed by atoms with Crippen LogP contribution in [0.3, 0.4) is 0 Å². The first kappa shape index (κ1) is 27.0. The van der Waals surface area contributed by atoms with Gasteiger partial charge in [-0.3, -0.25) is 9.69 Å². The maximum absolute atomic E-state index is 14.3. The predicted molar refractivity (Wildman–Crippen MR) is 144 cm³/mol. The molecule has 1 aliphatic heterocycles. The average molecular weight is 514 g/mol. The lowest BCUT2D eigenvalue weighted by atomic mass is 10.0. The zero-order valence-corrected chi connectivity index (χ0v) is 22.1. The highest BCUT2D eigenvalue weighted by molar-refractivity contribution is 5.80. The van der Waals surface area contributed by atoms with Crippen LogP contribution >= 0.6 is 0 Å². The molecule has 1 aromatic carbocycles. The van der Waals surface area contributed by atoms with E-state index in [4.69, 9.17) is 4.74 Å². The van der Waals surface area contributed by atoms with E-state index in [1.807, 2.05) is 6.92 Å². The summed E-state index contributed by atoms with van der Waals surface area (Å²) in [6.45, 7) is 4.30. The number of anilines is 4. The van der Waals surface area contributed by atoms with Crippen LogP contribution in [0, 0.1) is 5.82 Å². The lowest BCUT2D eigenvalue weighted by Gasteiger charge is -2.32. The zero-order valence-electron chi connectivity index (χ0n) is 22.1. The van der Waals surface area contributed by atoms with Crippen LogP contribution in [0.4, 0.5) is 27.9 Å². The van der Waals surface area contributed by atoms with Crippen LogP contribution in [0.5, 0.6) is 5.75 Å². The average Bonchev–Trinajstić information content (AvgIpc) is 3.14. The van der Waals surface area contributed by atoms with Crippen LogP contribution in [0.25, 0.3) is 0 Å². The van der Waals surface area contributed by atoms with Gasteiger partial charge >= 0.3 is 0 Å². The summed E-state index contributed by atoms with van der Waals surface area (Å²) in [5.74, 6) is 1.39. The molecule has 2 aromatic rings. The molecule has 0 unspecified atom stereocenters. The van der Waals surface area contributed by atoms with Crippen molar-refractivity contribution in [3.05, 3.63) is 24.0 Å². The molecular formula is C27H40FN7O2. The summed E-state index contributed by atoms with van der Waals surface area (Å²) in [7, 11) is 1.44. The summed E-state index contributed by atoms with van der Waals surface area (Å²) in [4.78, 5) is 28.1. The summed E-state index contributed by atoms with van der Waals surface area (Å²) >= 11 is 0. The van der Waals surface area contributed by atoms with Crippen molar-refractivity contribution in [2.45, 2.75) is 83.2 Å². The van der Waals surface area contributed by atoms with Gasteiger partial charge in [0.25, 0.3) is 0 Å². The highest BCUT2D eigenvalue weighted by Gasteiger charge is 2.22. The van der Waals surface area contributed by atoms with Gasteiger partial charge in [-0.2, -0.15) is 15.0 Å². The van der Waals surface area contributed by atoms with E-state index in [0.29, 0.717) is 48.3 Å². The van der Waals surface area contributed by atoms with Crippen molar-refractivity contribution in [2.75, 3.05) is 42.7 Å². The van der Waals surface area contributed by atoms with E-state index in [2.05, 4.69) is 35.8 Å². The third-order valence-electron chi connectivity index (χ3n) is 7.08. The molecule has 10 heteroatoms. The van der Waals surface area contributed by atoms with Crippen molar-refractivity contribution in [3.8, 4) is 5.75 Å². The van der Waals surface area contributed by atoms with Gasteiger partial charge in [-0.1, -0.05) is 32.6 Å². The van der Waals surface area contributed by atoms with Gasteiger partial charge in [0.15, 0.2) is 11.6 Å². The lowest BCUT2D eigenvalue weighted by molar-refractivity contribution is -0.120. The zero-order chi connectivity index (χ0) is 26.0. The normalized spacial score (nSPS) is 17.7. The highest BCUT2D eigenvalue weighted by Crippen LogP contribution is 2.25. The maximum atomic E-state index is 14.3. The summed E-state index contributed by atoms with van der Waals surface area (Å²) in [6, 6.07) is 5.20. The molecule has 0 atom stereocenters. The Bertz CT molecular complexity index is 1020. The summed E-state index contributed by atoms with van der Waals surface area (Å²) in [5, 5.41) is 10.1. The molecule has 1 aliphatic carbocycles. The number of benzene rings is 1. The van der Waals surface area contributed by atoms with Crippen LogP contribution in [-0.2, 0) is 4.79 Å². The number of piperidine rings is 1. The minimum absolute atomic E-state index is 0.182. The first-order chi connectivity index (χ1) is 18.0. The van der Waals surface area contributed by atoms with Crippen molar-refractivity contribution >= 4 is 29.3 Å².